The van der Waals surface area contributed by atoms with E-state index in [0.29, 0.717) is 0 Å². The van der Waals surface area contributed by atoms with Crippen molar-refractivity contribution < 1.29 is 0 Å². The Morgan fingerprint density at radius 1 is 0.697 bits per heavy atom. The van der Waals surface area contributed by atoms with E-state index in [1.165, 1.54) is 54.4 Å². The average Bonchev–Trinajstić information content (AvgIpc) is 2.75. The third-order valence-electron chi connectivity index (χ3n) is 6.59. The summed E-state index contributed by atoms with van der Waals surface area (Å²) in [4.78, 5) is 10.1. The molecule has 0 aliphatic carbocycles. The highest BCUT2D eigenvalue weighted by atomic mass is 14.7. The van der Waals surface area contributed by atoms with Gasteiger partial charge in [0.1, 0.15) is 0 Å². The summed E-state index contributed by atoms with van der Waals surface area (Å²) >= 11 is 0. The summed E-state index contributed by atoms with van der Waals surface area (Å²) < 4.78 is 0. The molecule has 0 radical (unpaired) electrons. The van der Waals surface area contributed by atoms with E-state index in [1.54, 1.807) is 0 Å². The number of fused-ring (bicyclic) bond motifs is 2. The molecule has 0 atom stereocenters. The molecule has 2 heteroatoms. The molecule has 2 nitrogen and oxygen atoms in total. The highest BCUT2D eigenvalue weighted by molar-refractivity contribution is 6.33. The van der Waals surface area contributed by atoms with Crippen molar-refractivity contribution >= 4 is 43.2 Å². The Morgan fingerprint density at radius 3 is 2.09 bits per heavy atom. The number of nitrogens with zero attached hydrogens (tertiary/aromatic N) is 2. The number of pyridine rings is 2. The molecule has 0 aliphatic heterocycles. The minimum absolute atomic E-state index is 0.179. The van der Waals surface area contributed by atoms with Gasteiger partial charge in [-0.15, -0.1) is 0 Å². The minimum atomic E-state index is 0.179. The zero-order valence-electron chi connectivity index (χ0n) is 20.0. The van der Waals surface area contributed by atoms with Crippen LogP contribution in [0.5, 0.6) is 0 Å². The number of aryl methyl sites for hydroxylation is 2. The van der Waals surface area contributed by atoms with Gasteiger partial charge in [-0.05, 0) is 66.1 Å². The molecule has 6 aromatic rings. The smallest absolute Gasteiger partial charge is 0.0781 e. The molecule has 0 aliphatic rings. The minimum Gasteiger partial charge on any atom is -0.255 e. The first-order valence-corrected chi connectivity index (χ1v) is 11.7. The first-order valence-electron chi connectivity index (χ1n) is 11.7. The summed E-state index contributed by atoms with van der Waals surface area (Å²) in [5.74, 6) is 0. The molecule has 162 valence electrons. The highest BCUT2D eigenvalue weighted by Crippen LogP contribution is 2.42. The van der Waals surface area contributed by atoms with Gasteiger partial charge in [0.15, 0.2) is 0 Å². The molecular weight excluding hydrogens is 400 g/mol. The van der Waals surface area contributed by atoms with Crippen LogP contribution in [0.4, 0.5) is 0 Å². The van der Waals surface area contributed by atoms with Crippen molar-refractivity contribution in [3.05, 3.63) is 83.7 Å². The van der Waals surface area contributed by atoms with Crippen LogP contribution in [-0.2, 0) is 6.42 Å². The normalized spacial score (nSPS) is 12.5. The Balaban J connectivity index is 1.77. The summed E-state index contributed by atoms with van der Waals surface area (Å²) in [6.07, 6.45) is 3.03. The van der Waals surface area contributed by atoms with E-state index >= 15 is 0 Å². The largest absolute Gasteiger partial charge is 0.255 e. The summed E-state index contributed by atoms with van der Waals surface area (Å²) in [5, 5.41) is 8.79. The van der Waals surface area contributed by atoms with Crippen LogP contribution in [-0.4, -0.2) is 9.97 Å². The molecular formula is C31H28N2. The summed E-state index contributed by atoms with van der Waals surface area (Å²) in [6.45, 7) is 11.1. The maximum Gasteiger partial charge on any atom is 0.0781 e. The SMILES string of the molecule is Cc1cc(C)cc(-c2ncc3c4cc(CC(C)(C)C)nc5cccc(c6cccc2c63)c54)c1. The van der Waals surface area contributed by atoms with E-state index in [9.17, 15) is 0 Å². The number of hydrogen-bond donors (Lipinski definition) is 0. The molecule has 0 saturated carbocycles. The third-order valence-corrected chi connectivity index (χ3v) is 6.59. The Morgan fingerprint density at radius 2 is 1.36 bits per heavy atom. The highest BCUT2D eigenvalue weighted by Gasteiger charge is 2.19. The van der Waals surface area contributed by atoms with Gasteiger partial charge in [0.2, 0.25) is 0 Å². The maximum atomic E-state index is 5.06. The Labute approximate surface area is 194 Å². The van der Waals surface area contributed by atoms with Crippen LogP contribution in [0.1, 0.15) is 37.6 Å². The van der Waals surface area contributed by atoms with Gasteiger partial charge in [0.25, 0.3) is 0 Å². The zero-order valence-corrected chi connectivity index (χ0v) is 20.0. The fourth-order valence-electron chi connectivity index (χ4n) is 5.49. The molecule has 2 aromatic heterocycles. The second-order valence-corrected chi connectivity index (χ2v) is 10.7. The van der Waals surface area contributed by atoms with Crippen molar-refractivity contribution in [2.45, 2.75) is 41.0 Å². The second-order valence-electron chi connectivity index (χ2n) is 10.7. The predicted molar refractivity (Wildman–Crippen MR) is 141 cm³/mol. The Bertz CT molecular complexity index is 1670. The maximum absolute atomic E-state index is 5.06. The van der Waals surface area contributed by atoms with Gasteiger partial charge in [0.05, 0.1) is 11.2 Å². The van der Waals surface area contributed by atoms with Crippen LogP contribution < -0.4 is 0 Å². The van der Waals surface area contributed by atoms with Crippen LogP contribution in [0.3, 0.4) is 0 Å². The molecule has 2 heterocycles. The van der Waals surface area contributed by atoms with Crippen molar-refractivity contribution in [1.82, 2.24) is 9.97 Å². The van der Waals surface area contributed by atoms with Gasteiger partial charge >= 0.3 is 0 Å². The zero-order chi connectivity index (χ0) is 22.9. The number of rotatable bonds is 2. The van der Waals surface area contributed by atoms with E-state index in [0.717, 1.165) is 23.3 Å². The van der Waals surface area contributed by atoms with Crippen LogP contribution in [0.15, 0.2) is 66.9 Å². The molecule has 4 aromatic carbocycles. The summed E-state index contributed by atoms with van der Waals surface area (Å²) in [5.41, 5.74) is 7.17. The van der Waals surface area contributed by atoms with Crippen molar-refractivity contribution in [2.24, 2.45) is 5.41 Å². The van der Waals surface area contributed by atoms with E-state index in [2.05, 4.69) is 101 Å². The first-order chi connectivity index (χ1) is 15.8. The van der Waals surface area contributed by atoms with Crippen molar-refractivity contribution in [3.8, 4) is 11.3 Å². The number of aromatic nitrogens is 2. The lowest BCUT2D eigenvalue weighted by Gasteiger charge is -2.20. The monoisotopic (exact) mass is 428 g/mol. The van der Waals surface area contributed by atoms with Crippen LogP contribution in [0, 0.1) is 19.3 Å². The Hall–Kier alpha value is -3.52. The predicted octanol–water partition coefficient (Wildman–Crippen LogP) is 8.40. The number of benzene rings is 4. The van der Waals surface area contributed by atoms with E-state index in [1.807, 2.05) is 0 Å². The quantitative estimate of drug-likeness (QED) is 0.204. The third kappa shape index (κ3) is 3.24. The van der Waals surface area contributed by atoms with Crippen LogP contribution >= 0.6 is 0 Å². The van der Waals surface area contributed by atoms with Crippen molar-refractivity contribution in [1.29, 1.82) is 0 Å². The van der Waals surface area contributed by atoms with Crippen molar-refractivity contribution in [3.63, 3.8) is 0 Å². The summed E-state index contributed by atoms with van der Waals surface area (Å²) in [7, 11) is 0. The van der Waals surface area contributed by atoms with Crippen LogP contribution in [0.2, 0.25) is 0 Å². The fourth-order valence-corrected chi connectivity index (χ4v) is 5.49. The summed E-state index contributed by atoms with van der Waals surface area (Å²) in [6, 6.07) is 22.2. The second kappa shape index (κ2) is 6.99. The Kier molecular flexibility index (Phi) is 4.26. The first kappa shape index (κ1) is 20.1. The van der Waals surface area contributed by atoms with Gasteiger partial charge < -0.3 is 0 Å². The molecule has 0 spiro atoms. The average molecular weight is 429 g/mol. The molecule has 0 fully saturated rings. The van der Waals surface area contributed by atoms with Gasteiger partial charge in [-0.1, -0.05) is 68.3 Å². The number of hydrogen-bond acceptors (Lipinski definition) is 2. The lowest BCUT2D eigenvalue weighted by molar-refractivity contribution is 0.407. The molecule has 0 N–H and O–H groups in total. The van der Waals surface area contributed by atoms with E-state index in [4.69, 9.17) is 9.97 Å². The molecule has 0 saturated heterocycles. The molecule has 0 unspecified atom stereocenters. The fraction of sp³-hybridized carbons (Fsp3) is 0.226. The topological polar surface area (TPSA) is 25.8 Å². The van der Waals surface area contributed by atoms with Gasteiger partial charge in [-0.3, -0.25) is 9.97 Å². The molecule has 6 rings (SSSR count). The van der Waals surface area contributed by atoms with E-state index < -0.39 is 0 Å². The standard InChI is InChI=1S/C31H28N2/c1-18-12-19(2)14-20(13-18)30-24-10-6-8-22-23-9-7-11-27-29(23)25(26(17-32-30)28(22)24)15-21(33-27)16-31(3,4)5/h6-15,17H,16H2,1-5H3. The van der Waals surface area contributed by atoms with Gasteiger partial charge in [0, 0.05) is 39.0 Å². The van der Waals surface area contributed by atoms with E-state index in [-0.39, 0.29) is 5.41 Å². The van der Waals surface area contributed by atoms with Gasteiger partial charge in [-0.25, -0.2) is 0 Å². The van der Waals surface area contributed by atoms with Crippen LogP contribution in [0.25, 0.3) is 54.5 Å². The lowest BCUT2D eigenvalue weighted by atomic mass is 9.87. The molecule has 0 amide bonds. The lowest BCUT2D eigenvalue weighted by Crippen LogP contribution is -2.10. The van der Waals surface area contributed by atoms with Gasteiger partial charge in [-0.2, -0.15) is 0 Å². The molecule has 0 bridgehead atoms. The molecule has 33 heavy (non-hydrogen) atoms. The van der Waals surface area contributed by atoms with Crippen molar-refractivity contribution in [2.75, 3.05) is 0 Å².